The fourth-order valence-electron chi connectivity index (χ4n) is 2.55. The summed E-state index contributed by atoms with van der Waals surface area (Å²) in [6.07, 6.45) is 2.69. The van der Waals surface area contributed by atoms with Gasteiger partial charge in [-0.25, -0.2) is 0 Å². The van der Waals surface area contributed by atoms with Gasteiger partial charge in [-0.15, -0.1) is 0 Å². The Bertz CT molecular complexity index is 755. The van der Waals surface area contributed by atoms with Crippen molar-refractivity contribution in [3.63, 3.8) is 0 Å². The predicted octanol–water partition coefficient (Wildman–Crippen LogP) is 4.50. The second-order valence-corrected chi connectivity index (χ2v) is 5.07. The monoisotopic (exact) mass is 278 g/mol. The Hall–Kier alpha value is -2.55. The first kappa shape index (κ1) is 13.4. The average Bonchev–Trinajstić information content (AvgIpc) is 2.53. The van der Waals surface area contributed by atoms with Crippen LogP contribution in [0.25, 0.3) is 10.9 Å². The van der Waals surface area contributed by atoms with Crippen molar-refractivity contribution in [1.82, 2.24) is 4.98 Å². The van der Waals surface area contributed by atoms with Gasteiger partial charge in [0.15, 0.2) is 0 Å². The maximum atomic E-state index is 10.0. The van der Waals surface area contributed by atoms with Crippen molar-refractivity contribution in [2.45, 2.75) is 19.4 Å². The lowest BCUT2D eigenvalue weighted by atomic mass is 10.0. The Kier molecular flexibility index (Phi) is 3.73. The van der Waals surface area contributed by atoms with Gasteiger partial charge in [-0.05, 0) is 36.8 Å². The second-order valence-electron chi connectivity index (χ2n) is 5.07. The molecule has 0 saturated heterocycles. The minimum Gasteiger partial charge on any atom is -0.508 e. The molecular weight excluding hydrogens is 260 g/mol. The Balaban J connectivity index is 1.90. The van der Waals surface area contributed by atoms with Gasteiger partial charge in [0.25, 0.3) is 0 Å². The van der Waals surface area contributed by atoms with E-state index in [-0.39, 0.29) is 6.04 Å². The Morgan fingerprint density at radius 2 is 1.95 bits per heavy atom. The fraction of sp³-hybridized carbons (Fsp3) is 0.167. The molecule has 2 aromatic carbocycles. The van der Waals surface area contributed by atoms with Crippen LogP contribution in [0.15, 0.2) is 60.8 Å². The molecule has 1 aromatic heterocycles. The molecule has 3 heteroatoms. The highest BCUT2D eigenvalue weighted by molar-refractivity contribution is 5.82. The van der Waals surface area contributed by atoms with Crippen LogP contribution in [-0.4, -0.2) is 10.1 Å². The summed E-state index contributed by atoms with van der Waals surface area (Å²) in [6.45, 7) is 2.10. The van der Waals surface area contributed by atoms with E-state index in [9.17, 15) is 5.11 Å². The van der Waals surface area contributed by atoms with Gasteiger partial charge in [0, 0.05) is 22.8 Å². The molecule has 0 amide bonds. The van der Waals surface area contributed by atoms with Gasteiger partial charge < -0.3 is 10.4 Å². The van der Waals surface area contributed by atoms with E-state index in [0.29, 0.717) is 5.75 Å². The third kappa shape index (κ3) is 2.82. The molecular formula is C18H18N2O. The summed E-state index contributed by atoms with van der Waals surface area (Å²) in [5, 5.41) is 14.6. The molecule has 0 spiro atoms. The summed E-state index contributed by atoms with van der Waals surface area (Å²) >= 11 is 0. The van der Waals surface area contributed by atoms with Crippen molar-refractivity contribution in [2.75, 3.05) is 5.32 Å². The number of aromatic nitrogens is 1. The summed E-state index contributed by atoms with van der Waals surface area (Å²) in [6, 6.07) is 17.7. The number of para-hydroxylation sites is 1. The number of hydrogen-bond donors (Lipinski definition) is 2. The summed E-state index contributed by atoms with van der Waals surface area (Å²) in [5.41, 5.74) is 2.94. The van der Waals surface area contributed by atoms with Crippen LogP contribution in [0.2, 0.25) is 0 Å². The van der Waals surface area contributed by atoms with Gasteiger partial charge in [-0.1, -0.05) is 31.2 Å². The van der Waals surface area contributed by atoms with Crippen LogP contribution in [0.1, 0.15) is 24.9 Å². The topological polar surface area (TPSA) is 45.2 Å². The van der Waals surface area contributed by atoms with Gasteiger partial charge in [0.2, 0.25) is 0 Å². The molecule has 0 aliphatic rings. The molecule has 1 unspecified atom stereocenters. The smallest absolute Gasteiger partial charge is 0.120 e. The third-order valence-corrected chi connectivity index (χ3v) is 3.66. The molecule has 3 aromatic rings. The highest BCUT2D eigenvalue weighted by Crippen LogP contribution is 2.29. The van der Waals surface area contributed by atoms with Crippen molar-refractivity contribution in [2.24, 2.45) is 0 Å². The van der Waals surface area contributed by atoms with Gasteiger partial charge in [0.1, 0.15) is 5.75 Å². The van der Waals surface area contributed by atoms with Crippen LogP contribution in [0.3, 0.4) is 0 Å². The zero-order chi connectivity index (χ0) is 14.7. The zero-order valence-corrected chi connectivity index (χ0v) is 12.0. The summed E-state index contributed by atoms with van der Waals surface area (Å²) in [7, 11) is 0. The van der Waals surface area contributed by atoms with Crippen LogP contribution in [-0.2, 0) is 0 Å². The van der Waals surface area contributed by atoms with Crippen molar-refractivity contribution < 1.29 is 5.11 Å². The predicted molar refractivity (Wildman–Crippen MR) is 86.5 cm³/mol. The Morgan fingerprint density at radius 1 is 1.10 bits per heavy atom. The van der Waals surface area contributed by atoms with E-state index >= 15 is 0 Å². The van der Waals surface area contributed by atoms with E-state index in [1.165, 1.54) is 0 Å². The van der Waals surface area contributed by atoms with E-state index in [4.69, 9.17) is 0 Å². The molecule has 1 heterocycles. The van der Waals surface area contributed by atoms with Crippen molar-refractivity contribution in [3.8, 4) is 5.75 Å². The summed E-state index contributed by atoms with van der Waals surface area (Å²) in [5.74, 6) is 0.333. The number of rotatable bonds is 4. The summed E-state index contributed by atoms with van der Waals surface area (Å²) < 4.78 is 0. The molecule has 0 saturated carbocycles. The number of hydrogen-bond acceptors (Lipinski definition) is 3. The van der Waals surface area contributed by atoms with Crippen molar-refractivity contribution in [1.29, 1.82) is 0 Å². The van der Waals surface area contributed by atoms with Crippen LogP contribution in [0.4, 0.5) is 5.69 Å². The van der Waals surface area contributed by atoms with Gasteiger partial charge in [0.05, 0.1) is 11.6 Å². The SMILES string of the molecule is CCC(Nc1ccc2ncccc2c1)c1ccccc1O. The molecule has 106 valence electrons. The quantitative estimate of drug-likeness (QED) is 0.738. The van der Waals surface area contributed by atoms with Crippen LogP contribution in [0.5, 0.6) is 5.75 Å². The minimum absolute atomic E-state index is 0.0836. The maximum absolute atomic E-state index is 10.0. The second kappa shape index (κ2) is 5.83. The number of fused-ring (bicyclic) bond motifs is 1. The minimum atomic E-state index is 0.0836. The first-order valence-electron chi connectivity index (χ1n) is 7.17. The van der Waals surface area contributed by atoms with E-state index < -0.39 is 0 Å². The molecule has 1 atom stereocenters. The average molecular weight is 278 g/mol. The third-order valence-electron chi connectivity index (χ3n) is 3.66. The van der Waals surface area contributed by atoms with Gasteiger partial charge >= 0.3 is 0 Å². The first-order valence-corrected chi connectivity index (χ1v) is 7.17. The lowest BCUT2D eigenvalue weighted by Gasteiger charge is -2.20. The maximum Gasteiger partial charge on any atom is 0.120 e. The largest absolute Gasteiger partial charge is 0.508 e. The summed E-state index contributed by atoms with van der Waals surface area (Å²) in [4.78, 5) is 4.33. The number of aromatic hydroxyl groups is 1. The molecule has 0 bridgehead atoms. The molecule has 21 heavy (non-hydrogen) atoms. The Morgan fingerprint density at radius 3 is 2.76 bits per heavy atom. The van der Waals surface area contributed by atoms with Gasteiger partial charge in [-0.3, -0.25) is 4.98 Å². The molecule has 0 fully saturated rings. The molecule has 0 aliphatic heterocycles. The molecule has 3 rings (SSSR count). The highest BCUT2D eigenvalue weighted by atomic mass is 16.3. The van der Waals surface area contributed by atoms with E-state index in [2.05, 4.69) is 29.4 Å². The van der Waals surface area contributed by atoms with E-state index in [1.54, 1.807) is 12.3 Å². The van der Waals surface area contributed by atoms with Crippen molar-refractivity contribution in [3.05, 3.63) is 66.4 Å². The molecule has 2 N–H and O–H groups in total. The normalized spacial score (nSPS) is 12.2. The van der Waals surface area contributed by atoms with E-state index in [0.717, 1.165) is 28.6 Å². The molecule has 0 radical (unpaired) electrons. The number of phenols is 1. The number of benzene rings is 2. The van der Waals surface area contributed by atoms with Crippen molar-refractivity contribution >= 4 is 16.6 Å². The number of phenolic OH excluding ortho intramolecular Hbond substituents is 1. The molecule has 0 aliphatic carbocycles. The number of nitrogens with zero attached hydrogens (tertiary/aromatic N) is 1. The van der Waals surface area contributed by atoms with Crippen LogP contribution in [0, 0.1) is 0 Å². The fourth-order valence-corrected chi connectivity index (χ4v) is 2.55. The van der Waals surface area contributed by atoms with Gasteiger partial charge in [-0.2, -0.15) is 0 Å². The molecule has 3 nitrogen and oxygen atoms in total. The number of pyridine rings is 1. The highest BCUT2D eigenvalue weighted by Gasteiger charge is 2.13. The van der Waals surface area contributed by atoms with Crippen LogP contribution >= 0.6 is 0 Å². The number of anilines is 1. The zero-order valence-electron chi connectivity index (χ0n) is 12.0. The number of nitrogens with one attached hydrogen (secondary N) is 1. The standard InChI is InChI=1S/C18H18N2O/c1-2-16(15-7-3-4-8-18(15)21)20-14-9-10-17-13(12-14)6-5-11-19-17/h3-12,16,20-21H,2H2,1H3. The lowest BCUT2D eigenvalue weighted by molar-refractivity contribution is 0.463. The van der Waals surface area contributed by atoms with E-state index in [1.807, 2.05) is 36.4 Å². The van der Waals surface area contributed by atoms with Crippen LogP contribution < -0.4 is 5.32 Å². The Labute approximate surface area is 124 Å². The first-order chi connectivity index (χ1) is 10.3. The lowest BCUT2D eigenvalue weighted by Crippen LogP contribution is -2.09.